The molecule has 18 heavy (non-hydrogen) atoms. The Hall–Kier alpha value is -0.870. The van der Waals surface area contributed by atoms with Crippen LogP contribution in [0.15, 0.2) is 12.7 Å². The molecule has 0 aromatic carbocycles. The summed E-state index contributed by atoms with van der Waals surface area (Å²) in [5.41, 5.74) is 0. The molecule has 4 heteroatoms. The minimum absolute atomic E-state index is 0.347. The van der Waals surface area contributed by atoms with Crippen molar-refractivity contribution in [3.63, 3.8) is 0 Å². The Balaban J connectivity index is 2.11. The van der Waals surface area contributed by atoms with Crippen molar-refractivity contribution in [1.82, 2.24) is 9.80 Å². The third-order valence-corrected chi connectivity index (χ3v) is 3.69. The third-order valence-electron chi connectivity index (χ3n) is 3.69. The standard InChI is InChI=1S/C14H26N2O2/c1-3-4-5-6-7-8-15-9-11-16(12-10-15)13(2)14(17)18/h3,13H,1,4-12H2,2H3,(H,17,18). The van der Waals surface area contributed by atoms with Gasteiger partial charge in [-0.2, -0.15) is 0 Å². The summed E-state index contributed by atoms with van der Waals surface area (Å²) in [5, 5.41) is 8.96. The number of allylic oxidation sites excluding steroid dienone is 1. The van der Waals surface area contributed by atoms with Crippen molar-refractivity contribution < 1.29 is 9.90 Å². The van der Waals surface area contributed by atoms with E-state index < -0.39 is 5.97 Å². The molecule has 1 saturated heterocycles. The van der Waals surface area contributed by atoms with Crippen molar-refractivity contribution in [3.05, 3.63) is 12.7 Å². The number of piperazine rings is 1. The maximum absolute atomic E-state index is 10.9. The van der Waals surface area contributed by atoms with Gasteiger partial charge in [0.05, 0.1) is 0 Å². The number of carbonyl (C=O) groups is 1. The molecule has 104 valence electrons. The first-order chi connectivity index (χ1) is 8.65. The van der Waals surface area contributed by atoms with E-state index in [-0.39, 0.29) is 6.04 Å². The molecule has 1 fully saturated rings. The zero-order valence-electron chi connectivity index (χ0n) is 11.5. The van der Waals surface area contributed by atoms with Crippen molar-refractivity contribution >= 4 is 5.97 Å². The lowest BCUT2D eigenvalue weighted by Crippen LogP contribution is -2.51. The molecule has 1 unspecified atom stereocenters. The molecular weight excluding hydrogens is 228 g/mol. The summed E-state index contributed by atoms with van der Waals surface area (Å²) in [6.07, 6.45) is 6.83. The molecule has 0 aliphatic carbocycles. The van der Waals surface area contributed by atoms with Crippen LogP contribution in [0.5, 0.6) is 0 Å². The zero-order valence-corrected chi connectivity index (χ0v) is 11.5. The highest BCUT2D eigenvalue weighted by Crippen LogP contribution is 2.08. The van der Waals surface area contributed by atoms with Crippen molar-refractivity contribution in [2.24, 2.45) is 0 Å². The quantitative estimate of drug-likeness (QED) is 0.530. The van der Waals surface area contributed by atoms with Crippen molar-refractivity contribution in [1.29, 1.82) is 0 Å². The van der Waals surface area contributed by atoms with Crippen LogP contribution in [0, 0.1) is 0 Å². The predicted octanol–water partition coefficient (Wildman–Crippen LogP) is 1.82. The highest BCUT2D eigenvalue weighted by molar-refractivity contribution is 5.72. The average Bonchev–Trinajstić information content (AvgIpc) is 2.38. The Bertz CT molecular complexity index is 261. The Morgan fingerprint density at radius 2 is 1.94 bits per heavy atom. The molecule has 1 rings (SSSR count). The number of hydrogen-bond donors (Lipinski definition) is 1. The summed E-state index contributed by atoms with van der Waals surface area (Å²) in [6, 6.07) is -0.347. The first kappa shape index (κ1) is 15.2. The van der Waals surface area contributed by atoms with E-state index in [2.05, 4.69) is 16.4 Å². The van der Waals surface area contributed by atoms with E-state index in [1.807, 2.05) is 6.08 Å². The second-order valence-corrected chi connectivity index (χ2v) is 5.03. The second-order valence-electron chi connectivity index (χ2n) is 5.03. The van der Waals surface area contributed by atoms with Crippen LogP contribution in [-0.4, -0.2) is 59.6 Å². The normalized spacial score (nSPS) is 19.6. The number of aliphatic carboxylic acids is 1. The molecule has 4 nitrogen and oxygen atoms in total. The highest BCUT2D eigenvalue weighted by Gasteiger charge is 2.24. The number of unbranched alkanes of at least 4 members (excludes halogenated alkanes) is 3. The fourth-order valence-corrected chi connectivity index (χ4v) is 2.33. The monoisotopic (exact) mass is 254 g/mol. The van der Waals surface area contributed by atoms with E-state index in [0.29, 0.717) is 0 Å². The van der Waals surface area contributed by atoms with Gasteiger partial charge < -0.3 is 10.0 Å². The largest absolute Gasteiger partial charge is 0.480 e. The van der Waals surface area contributed by atoms with Crippen LogP contribution in [0.1, 0.15) is 32.6 Å². The molecule has 0 amide bonds. The van der Waals surface area contributed by atoms with E-state index >= 15 is 0 Å². The maximum atomic E-state index is 10.9. The molecule has 0 bridgehead atoms. The Kier molecular flexibility index (Phi) is 6.98. The second kappa shape index (κ2) is 8.27. The van der Waals surface area contributed by atoms with Gasteiger partial charge in [0.2, 0.25) is 0 Å². The molecule has 1 atom stereocenters. The first-order valence-corrected chi connectivity index (χ1v) is 6.95. The summed E-state index contributed by atoms with van der Waals surface area (Å²) < 4.78 is 0. The van der Waals surface area contributed by atoms with Gasteiger partial charge in [-0.05, 0) is 32.7 Å². The Morgan fingerprint density at radius 3 is 2.50 bits per heavy atom. The van der Waals surface area contributed by atoms with Gasteiger partial charge >= 0.3 is 5.97 Å². The van der Waals surface area contributed by atoms with Gasteiger partial charge in [0.25, 0.3) is 0 Å². The number of hydrogen-bond acceptors (Lipinski definition) is 3. The lowest BCUT2D eigenvalue weighted by Gasteiger charge is -2.36. The lowest BCUT2D eigenvalue weighted by atomic mass is 10.1. The van der Waals surface area contributed by atoms with Gasteiger partial charge in [0.1, 0.15) is 6.04 Å². The molecular formula is C14H26N2O2. The average molecular weight is 254 g/mol. The van der Waals surface area contributed by atoms with E-state index in [1.165, 1.54) is 19.3 Å². The molecule has 1 aliphatic heterocycles. The Labute approximate surface area is 110 Å². The fraction of sp³-hybridized carbons (Fsp3) is 0.786. The predicted molar refractivity (Wildman–Crippen MR) is 73.8 cm³/mol. The SMILES string of the molecule is C=CCCCCCN1CCN(C(C)C(=O)O)CC1. The van der Waals surface area contributed by atoms with Gasteiger partial charge in [0, 0.05) is 26.2 Å². The van der Waals surface area contributed by atoms with Crippen LogP contribution in [0.2, 0.25) is 0 Å². The van der Waals surface area contributed by atoms with Gasteiger partial charge in [-0.3, -0.25) is 9.69 Å². The highest BCUT2D eigenvalue weighted by atomic mass is 16.4. The van der Waals surface area contributed by atoms with Crippen LogP contribution in [-0.2, 0) is 4.79 Å². The van der Waals surface area contributed by atoms with E-state index in [1.54, 1.807) is 6.92 Å². The Morgan fingerprint density at radius 1 is 1.28 bits per heavy atom. The van der Waals surface area contributed by atoms with E-state index in [4.69, 9.17) is 5.11 Å². The van der Waals surface area contributed by atoms with Crippen LogP contribution in [0.3, 0.4) is 0 Å². The molecule has 1 N–H and O–H groups in total. The van der Waals surface area contributed by atoms with Gasteiger partial charge in [0.15, 0.2) is 0 Å². The maximum Gasteiger partial charge on any atom is 0.320 e. The summed E-state index contributed by atoms with van der Waals surface area (Å²) in [5.74, 6) is -0.715. The molecule has 0 saturated carbocycles. The van der Waals surface area contributed by atoms with E-state index in [9.17, 15) is 4.79 Å². The lowest BCUT2D eigenvalue weighted by molar-refractivity contribution is -0.143. The van der Waals surface area contributed by atoms with Gasteiger partial charge in [-0.1, -0.05) is 12.5 Å². The minimum Gasteiger partial charge on any atom is -0.480 e. The van der Waals surface area contributed by atoms with Crippen LogP contribution >= 0.6 is 0 Å². The topological polar surface area (TPSA) is 43.8 Å². The van der Waals surface area contributed by atoms with Crippen LogP contribution in [0.4, 0.5) is 0 Å². The molecule has 0 spiro atoms. The van der Waals surface area contributed by atoms with Gasteiger partial charge in [-0.15, -0.1) is 6.58 Å². The molecule has 1 heterocycles. The van der Waals surface area contributed by atoms with E-state index in [0.717, 1.165) is 39.1 Å². The molecule has 0 aromatic rings. The van der Waals surface area contributed by atoms with Crippen molar-refractivity contribution in [2.75, 3.05) is 32.7 Å². The van der Waals surface area contributed by atoms with Crippen LogP contribution < -0.4 is 0 Å². The smallest absolute Gasteiger partial charge is 0.320 e. The minimum atomic E-state index is -0.715. The molecule has 0 aromatic heterocycles. The third kappa shape index (κ3) is 5.19. The number of rotatable bonds is 8. The number of carboxylic acid groups (broad SMARTS) is 1. The van der Waals surface area contributed by atoms with Crippen molar-refractivity contribution in [2.45, 2.75) is 38.6 Å². The molecule has 1 aliphatic rings. The molecule has 0 radical (unpaired) electrons. The summed E-state index contributed by atoms with van der Waals surface area (Å²) >= 11 is 0. The summed E-state index contributed by atoms with van der Waals surface area (Å²) in [6.45, 7) is 10.4. The fourth-order valence-electron chi connectivity index (χ4n) is 2.33. The first-order valence-electron chi connectivity index (χ1n) is 6.95. The zero-order chi connectivity index (χ0) is 13.4. The van der Waals surface area contributed by atoms with Crippen LogP contribution in [0.25, 0.3) is 0 Å². The summed E-state index contributed by atoms with van der Waals surface area (Å²) in [7, 11) is 0. The van der Waals surface area contributed by atoms with Crippen molar-refractivity contribution in [3.8, 4) is 0 Å². The number of nitrogens with zero attached hydrogens (tertiary/aromatic N) is 2. The van der Waals surface area contributed by atoms with Gasteiger partial charge in [-0.25, -0.2) is 0 Å². The number of carboxylic acids is 1. The summed E-state index contributed by atoms with van der Waals surface area (Å²) in [4.78, 5) is 15.4.